The fourth-order valence-electron chi connectivity index (χ4n) is 2.30. The molecule has 0 saturated heterocycles. The van der Waals surface area contributed by atoms with Crippen LogP contribution < -0.4 is 5.32 Å². The third-order valence-corrected chi connectivity index (χ3v) is 4.32. The summed E-state index contributed by atoms with van der Waals surface area (Å²) in [6, 6.07) is 2.84. The van der Waals surface area contributed by atoms with Gasteiger partial charge in [0.05, 0.1) is 6.04 Å². The van der Waals surface area contributed by atoms with Crippen LogP contribution in [0.25, 0.3) is 0 Å². The standard InChI is InChI=1S/C14H21NS/c1-4-15-12(8-10(2)3)14-9-11-6-5-7-13(11)16-14/h8-9,12,15H,4-7H2,1-3H3. The van der Waals surface area contributed by atoms with Gasteiger partial charge in [0.2, 0.25) is 0 Å². The Kier molecular flexibility index (Phi) is 3.82. The van der Waals surface area contributed by atoms with Gasteiger partial charge in [0.25, 0.3) is 0 Å². The van der Waals surface area contributed by atoms with Crippen molar-refractivity contribution in [3.63, 3.8) is 0 Å². The van der Waals surface area contributed by atoms with Crippen molar-refractivity contribution in [3.05, 3.63) is 33.0 Å². The summed E-state index contributed by atoms with van der Waals surface area (Å²) in [5.74, 6) is 0. The van der Waals surface area contributed by atoms with Crippen molar-refractivity contribution in [2.24, 2.45) is 0 Å². The van der Waals surface area contributed by atoms with E-state index in [4.69, 9.17) is 0 Å². The lowest BCUT2D eigenvalue weighted by atomic mass is 10.1. The summed E-state index contributed by atoms with van der Waals surface area (Å²) in [4.78, 5) is 3.12. The highest BCUT2D eigenvalue weighted by Gasteiger charge is 2.18. The Hall–Kier alpha value is -0.600. The molecule has 88 valence electrons. The number of allylic oxidation sites excluding steroid dienone is 1. The van der Waals surface area contributed by atoms with E-state index in [2.05, 4.69) is 38.2 Å². The Labute approximate surface area is 103 Å². The minimum absolute atomic E-state index is 0.422. The van der Waals surface area contributed by atoms with Crippen LogP contribution >= 0.6 is 11.3 Å². The second kappa shape index (κ2) is 5.15. The summed E-state index contributed by atoms with van der Waals surface area (Å²) >= 11 is 2.00. The molecular weight excluding hydrogens is 214 g/mol. The number of fused-ring (bicyclic) bond motifs is 1. The van der Waals surface area contributed by atoms with E-state index < -0.39 is 0 Å². The van der Waals surface area contributed by atoms with Crippen molar-refractivity contribution in [1.29, 1.82) is 0 Å². The van der Waals surface area contributed by atoms with Gasteiger partial charge in [-0.05, 0) is 51.3 Å². The predicted molar refractivity (Wildman–Crippen MR) is 72.2 cm³/mol. The van der Waals surface area contributed by atoms with Gasteiger partial charge in [-0.3, -0.25) is 0 Å². The number of hydrogen-bond donors (Lipinski definition) is 1. The molecule has 1 aromatic heterocycles. The molecule has 0 fully saturated rings. The monoisotopic (exact) mass is 235 g/mol. The quantitative estimate of drug-likeness (QED) is 0.782. The fourth-order valence-corrected chi connectivity index (χ4v) is 3.60. The van der Waals surface area contributed by atoms with Gasteiger partial charge in [-0.1, -0.05) is 18.6 Å². The molecule has 0 aromatic carbocycles. The third-order valence-electron chi connectivity index (χ3n) is 3.00. The molecule has 0 amide bonds. The molecule has 1 heterocycles. The summed E-state index contributed by atoms with van der Waals surface area (Å²) in [6.45, 7) is 7.54. The van der Waals surface area contributed by atoms with E-state index in [1.807, 2.05) is 11.3 Å². The van der Waals surface area contributed by atoms with Gasteiger partial charge in [0.15, 0.2) is 0 Å². The number of thiophene rings is 1. The first kappa shape index (κ1) is 11.9. The molecule has 16 heavy (non-hydrogen) atoms. The van der Waals surface area contributed by atoms with Gasteiger partial charge in [0.1, 0.15) is 0 Å². The minimum atomic E-state index is 0.422. The maximum absolute atomic E-state index is 3.55. The molecule has 0 saturated carbocycles. The van der Waals surface area contributed by atoms with Crippen LogP contribution in [0.3, 0.4) is 0 Å². The van der Waals surface area contributed by atoms with Crippen LogP contribution in [0.4, 0.5) is 0 Å². The average molecular weight is 235 g/mol. The molecule has 1 N–H and O–H groups in total. The SMILES string of the molecule is CCNC(C=C(C)C)c1cc2c(s1)CCC2. The van der Waals surface area contributed by atoms with E-state index in [0.717, 1.165) is 6.54 Å². The van der Waals surface area contributed by atoms with Crippen LogP contribution in [-0.4, -0.2) is 6.54 Å². The van der Waals surface area contributed by atoms with E-state index in [9.17, 15) is 0 Å². The van der Waals surface area contributed by atoms with Crippen molar-refractivity contribution in [3.8, 4) is 0 Å². The van der Waals surface area contributed by atoms with Crippen LogP contribution in [0.2, 0.25) is 0 Å². The zero-order chi connectivity index (χ0) is 11.5. The van der Waals surface area contributed by atoms with Crippen molar-refractivity contribution in [2.75, 3.05) is 6.54 Å². The summed E-state index contributed by atoms with van der Waals surface area (Å²) in [7, 11) is 0. The largest absolute Gasteiger partial charge is 0.306 e. The van der Waals surface area contributed by atoms with Gasteiger partial charge in [0, 0.05) is 9.75 Å². The second-order valence-corrected chi connectivity index (χ2v) is 5.90. The molecular formula is C14H21NS. The molecule has 1 unspecified atom stereocenters. The third kappa shape index (κ3) is 2.55. The summed E-state index contributed by atoms with van der Waals surface area (Å²) in [5.41, 5.74) is 2.99. The van der Waals surface area contributed by atoms with Crippen LogP contribution in [0.5, 0.6) is 0 Å². The summed E-state index contributed by atoms with van der Waals surface area (Å²) < 4.78 is 0. The van der Waals surface area contributed by atoms with E-state index in [1.165, 1.54) is 29.7 Å². The number of aryl methyl sites for hydroxylation is 2. The Morgan fingerprint density at radius 1 is 1.50 bits per heavy atom. The second-order valence-electron chi connectivity index (χ2n) is 4.73. The molecule has 1 aliphatic rings. The highest BCUT2D eigenvalue weighted by Crippen LogP contribution is 2.34. The molecule has 0 radical (unpaired) electrons. The Morgan fingerprint density at radius 3 is 2.94 bits per heavy atom. The highest BCUT2D eigenvalue weighted by atomic mass is 32.1. The topological polar surface area (TPSA) is 12.0 Å². The van der Waals surface area contributed by atoms with Gasteiger partial charge in [-0.15, -0.1) is 11.3 Å². The van der Waals surface area contributed by atoms with Gasteiger partial charge < -0.3 is 5.32 Å². The first-order valence-corrected chi connectivity index (χ1v) is 7.02. The van der Waals surface area contributed by atoms with E-state index in [-0.39, 0.29) is 0 Å². The average Bonchev–Trinajstić information content (AvgIpc) is 2.74. The zero-order valence-corrected chi connectivity index (χ0v) is 11.3. The van der Waals surface area contributed by atoms with E-state index in [1.54, 1.807) is 10.4 Å². The first-order valence-electron chi connectivity index (χ1n) is 6.20. The molecule has 1 nitrogen and oxygen atoms in total. The maximum Gasteiger partial charge on any atom is 0.0603 e. The van der Waals surface area contributed by atoms with Crippen LogP contribution in [0.1, 0.15) is 48.6 Å². The smallest absolute Gasteiger partial charge is 0.0603 e. The van der Waals surface area contributed by atoms with E-state index in [0.29, 0.717) is 6.04 Å². The van der Waals surface area contributed by atoms with Crippen LogP contribution in [0, 0.1) is 0 Å². The van der Waals surface area contributed by atoms with Gasteiger partial charge in [-0.2, -0.15) is 0 Å². The number of hydrogen-bond acceptors (Lipinski definition) is 2. The molecule has 1 aliphatic carbocycles. The Balaban J connectivity index is 2.21. The summed E-state index contributed by atoms with van der Waals surface area (Å²) in [6.07, 6.45) is 6.29. The summed E-state index contributed by atoms with van der Waals surface area (Å²) in [5, 5.41) is 3.55. The Morgan fingerprint density at radius 2 is 2.31 bits per heavy atom. The van der Waals surface area contributed by atoms with Gasteiger partial charge >= 0.3 is 0 Å². The fraction of sp³-hybridized carbons (Fsp3) is 0.571. The van der Waals surface area contributed by atoms with Crippen molar-refractivity contribution in [1.82, 2.24) is 5.32 Å². The maximum atomic E-state index is 3.55. The van der Waals surface area contributed by atoms with Crippen molar-refractivity contribution >= 4 is 11.3 Å². The highest BCUT2D eigenvalue weighted by molar-refractivity contribution is 7.12. The van der Waals surface area contributed by atoms with Crippen LogP contribution in [-0.2, 0) is 12.8 Å². The minimum Gasteiger partial charge on any atom is -0.306 e. The molecule has 0 bridgehead atoms. The van der Waals surface area contributed by atoms with E-state index >= 15 is 0 Å². The molecule has 2 heteroatoms. The van der Waals surface area contributed by atoms with Crippen molar-refractivity contribution < 1.29 is 0 Å². The van der Waals surface area contributed by atoms with Gasteiger partial charge in [-0.25, -0.2) is 0 Å². The lowest BCUT2D eigenvalue weighted by Gasteiger charge is -2.12. The zero-order valence-electron chi connectivity index (χ0n) is 10.5. The molecule has 0 aliphatic heterocycles. The molecule has 1 atom stereocenters. The predicted octanol–water partition coefficient (Wildman–Crippen LogP) is 3.85. The number of nitrogens with one attached hydrogen (secondary N) is 1. The molecule has 0 spiro atoms. The number of likely N-dealkylation sites (N-methyl/N-ethyl adjacent to an activating group) is 1. The van der Waals surface area contributed by atoms with Crippen molar-refractivity contribution in [2.45, 2.75) is 46.1 Å². The van der Waals surface area contributed by atoms with Crippen LogP contribution in [0.15, 0.2) is 17.7 Å². The first-order chi connectivity index (χ1) is 7.70. The lowest BCUT2D eigenvalue weighted by Crippen LogP contribution is -2.18. The Bertz CT molecular complexity index is 364. The molecule has 2 rings (SSSR count). The molecule has 1 aromatic rings. The lowest BCUT2D eigenvalue weighted by molar-refractivity contribution is 0.653. The number of rotatable bonds is 4. The normalized spacial score (nSPS) is 15.9.